The third-order valence-corrected chi connectivity index (χ3v) is 2.55. The summed E-state index contributed by atoms with van der Waals surface area (Å²) in [6.45, 7) is 0. The zero-order chi connectivity index (χ0) is 9.26. The third kappa shape index (κ3) is 1.49. The molecule has 0 aromatic carbocycles. The molecule has 1 heterocycles. The second kappa shape index (κ2) is 3.30. The summed E-state index contributed by atoms with van der Waals surface area (Å²) in [6, 6.07) is 1.35. The van der Waals surface area contributed by atoms with Gasteiger partial charge >= 0.3 is 0 Å². The molecule has 4 nitrogen and oxygen atoms in total. The number of hydrogen-bond donors (Lipinski definition) is 1. The Balaban J connectivity index is 2.35. The number of hydrogen-bond acceptors (Lipinski definition) is 3. The Labute approximate surface area is 75.9 Å². The maximum absolute atomic E-state index is 11.4. The molecule has 0 amide bonds. The van der Waals surface area contributed by atoms with Crippen LogP contribution < -0.4 is 5.56 Å². The van der Waals surface area contributed by atoms with Crippen LogP contribution in [-0.2, 0) is 0 Å². The normalized spacial score (nSPS) is 27.8. The van der Waals surface area contributed by atoms with Crippen molar-refractivity contribution in [3.63, 3.8) is 0 Å². The van der Waals surface area contributed by atoms with E-state index in [1.165, 1.54) is 23.2 Å². The molecule has 4 heteroatoms. The molecule has 1 aliphatic rings. The van der Waals surface area contributed by atoms with Crippen molar-refractivity contribution in [2.75, 3.05) is 0 Å². The van der Waals surface area contributed by atoms with E-state index in [4.69, 9.17) is 0 Å². The lowest BCUT2D eigenvalue weighted by Gasteiger charge is -2.16. The van der Waals surface area contributed by atoms with E-state index in [2.05, 4.69) is 4.98 Å². The first-order valence-corrected chi connectivity index (χ1v) is 4.49. The second-order valence-corrected chi connectivity index (χ2v) is 3.39. The lowest BCUT2D eigenvalue weighted by atomic mass is 10.2. The number of rotatable bonds is 1. The molecule has 1 aromatic rings. The Morgan fingerprint density at radius 3 is 3.00 bits per heavy atom. The molecule has 1 N–H and O–H groups in total. The average Bonchev–Trinajstić information content (AvgIpc) is 2.52. The molecule has 2 atom stereocenters. The number of aliphatic hydroxyl groups excluding tert-OH is 1. The van der Waals surface area contributed by atoms with Crippen molar-refractivity contribution in [2.24, 2.45) is 0 Å². The third-order valence-electron chi connectivity index (χ3n) is 2.55. The minimum Gasteiger partial charge on any atom is -0.391 e. The number of aliphatic hydroxyl groups is 1. The van der Waals surface area contributed by atoms with E-state index in [0.717, 1.165) is 19.3 Å². The molecular weight excluding hydrogens is 168 g/mol. The van der Waals surface area contributed by atoms with Gasteiger partial charge in [0.1, 0.15) is 0 Å². The standard InChI is InChI=1S/C9H12N2O2/c12-8-3-1-2-7(8)11-6-10-5-4-9(11)13/h4-8,12H,1-3H2/t7-,8-/m0/s1. The van der Waals surface area contributed by atoms with E-state index < -0.39 is 0 Å². The monoisotopic (exact) mass is 180 g/mol. The van der Waals surface area contributed by atoms with Gasteiger partial charge in [0, 0.05) is 12.3 Å². The lowest BCUT2D eigenvalue weighted by molar-refractivity contribution is 0.134. The van der Waals surface area contributed by atoms with Crippen molar-refractivity contribution >= 4 is 0 Å². The largest absolute Gasteiger partial charge is 0.391 e. The van der Waals surface area contributed by atoms with E-state index in [1.807, 2.05) is 0 Å². The van der Waals surface area contributed by atoms with E-state index in [9.17, 15) is 9.90 Å². The molecule has 1 fully saturated rings. The maximum Gasteiger partial charge on any atom is 0.253 e. The zero-order valence-corrected chi connectivity index (χ0v) is 7.26. The molecule has 0 saturated heterocycles. The molecule has 0 unspecified atom stereocenters. The van der Waals surface area contributed by atoms with Crippen LogP contribution in [0.4, 0.5) is 0 Å². The van der Waals surface area contributed by atoms with Crippen LogP contribution in [0, 0.1) is 0 Å². The maximum atomic E-state index is 11.4. The van der Waals surface area contributed by atoms with Crippen LogP contribution in [0.25, 0.3) is 0 Å². The SMILES string of the molecule is O=c1ccncn1[C@H]1CCC[C@@H]1O. The predicted octanol–water partition coefficient (Wildman–Crippen LogP) is 0.329. The summed E-state index contributed by atoms with van der Waals surface area (Å²) in [5.41, 5.74) is -0.0825. The van der Waals surface area contributed by atoms with Gasteiger partial charge in [-0.05, 0) is 19.3 Å². The van der Waals surface area contributed by atoms with Gasteiger partial charge in [0.15, 0.2) is 0 Å². The first-order valence-electron chi connectivity index (χ1n) is 4.49. The number of nitrogens with zero attached hydrogens (tertiary/aromatic N) is 2. The minimum atomic E-state index is -0.387. The van der Waals surface area contributed by atoms with Crippen molar-refractivity contribution < 1.29 is 5.11 Å². The van der Waals surface area contributed by atoms with Gasteiger partial charge in [-0.1, -0.05) is 0 Å². The lowest BCUT2D eigenvalue weighted by Crippen LogP contribution is -2.28. The summed E-state index contributed by atoms with van der Waals surface area (Å²) in [4.78, 5) is 15.2. The molecule has 0 radical (unpaired) electrons. The van der Waals surface area contributed by atoms with Crippen molar-refractivity contribution in [2.45, 2.75) is 31.4 Å². The van der Waals surface area contributed by atoms with Crippen molar-refractivity contribution in [1.82, 2.24) is 9.55 Å². The van der Waals surface area contributed by atoms with E-state index >= 15 is 0 Å². The van der Waals surface area contributed by atoms with Crippen molar-refractivity contribution in [3.05, 3.63) is 28.9 Å². The molecule has 1 aliphatic carbocycles. The quantitative estimate of drug-likeness (QED) is 0.677. The van der Waals surface area contributed by atoms with Crippen LogP contribution in [0.15, 0.2) is 23.4 Å². The van der Waals surface area contributed by atoms with Gasteiger partial charge in [0.2, 0.25) is 0 Å². The Hall–Kier alpha value is -1.16. The van der Waals surface area contributed by atoms with Crippen LogP contribution in [0.3, 0.4) is 0 Å². The average molecular weight is 180 g/mol. The van der Waals surface area contributed by atoms with Crippen LogP contribution in [0.2, 0.25) is 0 Å². The summed E-state index contributed by atoms with van der Waals surface area (Å²) in [5, 5.41) is 9.58. The first-order chi connectivity index (χ1) is 6.29. The second-order valence-electron chi connectivity index (χ2n) is 3.39. The highest BCUT2D eigenvalue weighted by molar-refractivity contribution is 4.90. The number of aromatic nitrogens is 2. The van der Waals surface area contributed by atoms with Gasteiger partial charge in [-0.3, -0.25) is 9.36 Å². The van der Waals surface area contributed by atoms with E-state index in [0.29, 0.717) is 0 Å². The Bertz CT molecular complexity index is 347. The van der Waals surface area contributed by atoms with Gasteiger partial charge in [0.05, 0.1) is 18.5 Å². The summed E-state index contributed by atoms with van der Waals surface area (Å²) in [7, 11) is 0. The molecule has 0 aliphatic heterocycles. The highest BCUT2D eigenvalue weighted by atomic mass is 16.3. The smallest absolute Gasteiger partial charge is 0.253 e. The highest BCUT2D eigenvalue weighted by Gasteiger charge is 2.26. The first kappa shape index (κ1) is 8.44. The summed E-state index contributed by atoms with van der Waals surface area (Å²) >= 11 is 0. The van der Waals surface area contributed by atoms with Crippen LogP contribution in [0.1, 0.15) is 25.3 Å². The molecule has 2 rings (SSSR count). The van der Waals surface area contributed by atoms with Crippen molar-refractivity contribution in [1.29, 1.82) is 0 Å². The van der Waals surface area contributed by atoms with Gasteiger partial charge < -0.3 is 5.11 Å². The topological polar surface area (TPSA) is 55.1 Å². The van der Waals surface area contributed by atoms with Gasteiger partial charge in [-0.2, -0.15) is 0 Å². The molecule has 70 valence electrons. The minimum absolute atomic E-state index is 0.0683. The van der Waals surface area contributed by atoms with Crippen LogP contribution >= 0.6 is 0 Å². The van der Waals surface area contributed by atoms with Crippen LogP contribution in [0.5, 0.6) is 0 Å². The van der Waals surface area contributed by atoms with Crippen LogP contribution in [-0.4, -0.2) is 20.8 Å². The molecule has 13 heavy (non-hydrogen) atoms. The predicted molar refractivity (Wildman–Crippen MR) is 47.4 cm³/mol. The molecule has 0 spiro atoms. The van der Waals surface area contributed by atoms with E-state index in [1.54, 1.807) is 0 Å². The highest BCUT2D eigenvalue weighted by Crippen LogP contribution is 2.28. The Kier molecular flexibility index (Phi) is 2.14. The van der Waals surface area contributed by atoms with Gasteiger partial charge in [0.25, 0.3) is 5.56 Å². The van der Waals surface area contributed by atoms with E-state index in [-0.39, 0.29) is 17.7 Å². The summed E-state index contributed by atoms with van der Waals surface area (Å²) in [6.07, 6.45) is 5.22. The van der Waals surface area contributed by atoms with Gasteiger partial charge in [-0.25, -0.2) is 4.98 Å². The summed E-state index contributed by atoms with van der Waals surface area (Å²) in [5.74, 6) is 0. The fraction of sp³-hybridized carbons (Fsp3) is 0.556. The Morgan fingerprint density at radius 2 is 2.38 bits per heavy atom. The fourth-order valence-electron chi connectivity index (χ4n) is 1.85. The molecule has 1 saturated carbocycles. The molecular formula is C9H12N2O2. The molecule has 1 aromatic heterocycles. The van der Waals surface area contributed by atoms with Crippen molar-refractivity contribution in [3.8, 4) is 0 Å². The van der Waals surface area contributed by atoms with Gasteiger partial charge in [-0.15, -0.1) is 0 Å². The Morgan fingerprint density at radius 1 is 1.54 bits per heavy atom. The summed E-state index contributed by atoms with van der Waals surface area (Å²) < 4.78 is 1.53. The molecule has 0 bridgehead atoms. The zero-order valence-electron chi connectivity index (χ0n) is 7.26. The fourth-order valence-corrected chi connectivity index (χ4v) is 1.85.